The summed E-state index contributed by atoms with van der Waals surface area (Å²) in [5.41, 5.74) is 1.74. The SMILES string of the molecule is CCC1=CC=CC1=C([O-])OC.[Fe+2].c1cc[cH-]c1. The van der Waals surface area contributed by atoms with Crippen LogP contribution in [0.3, 0.4) is 0 Å². The minimum absolute atomic E-state index is 0. The van der Waals surface area contributed by atoms with Gasteiger partial charge in [0.05, 0.1) is 5.95 Å². The molecule has 0 bridgehead atoms. The number of methoxy groups -OCH3 is 1. The van der Waals surface area contributed by atoms with Gasteiger partial charge in [-0.1, -0.05) is 25.2 Å². The fourth-order valence-corrected chi connectivity index (χ4v) is 1.40. The van der Waals surface area contributed by atoms with E-state index in [9.17, 15) is 5.11 Å². The number of ether oxygens (including phenoxy) is 1. The maximum absolute atomic E-state index is 11.0. The van der Waals surface area contributed by atoms with Gasteiger partial charge in [0.15, 0.2) is 0 Å². The number of rotatable bonds is 2. The summed E-state index contributed by atoms with van der Waals surface area (Å²) in [6, 6.07) is 10.0. The quantitative estimate of drug-likeness (QED) is 0.470. The first-order chi connectivity index (χ1) is 7.79. The van der Waals surface area contributed by atoms with Crippen molar-refractivity contribution >= 4 is 0 Å². The van der Waals surface area contributed by atoms with Crippen molar-refractivity contribution in [3.05, 3.63) is 65.7 Å². The van der Waals surface area contributed by atoms with Crippen LogP contribution in [0.4, 0.5) is 0 Å². The molecule has 0 saturated heterocycles. The standard InChI is InChI=1S/C9H12O2.C5H5.Fe/c1-3-7-5-4-6-8(7)9(10)11-2;1-2-4-5-3-1;/h4-6,10H,3H2,1-2H3;1-5H;/q;-1;+2/p-1. The molecule has 2 rings (SSSR count). The molecule has 0 aliphatic heterocycles. The van der Waals surface area contributed by atoms with Gasteiger partial charge in [-0.2, -0.15) is 18.2 Å². The molecule has 0 N–H and O–H groups in total. The molecular weight excluding hydrogens is 256 g/mol. The van der Waals surface area contributed by atoms with Crippen LogP contribution in [0.1, 0.15) is 13.3 Å². The molecule has 0 aromatic heterocycles. The molecule has 0 fully saturated rings. The van der Waals surface area contributed by atoms with Crippen molar-refractivity contribution in [1.82, 2.24) is 0 Å². The molecule has 1 aliphatic rings. The molecule has 2 nitrogen and oxygen atoms in total. The van der Waals surface area contributed by atoms with E-state index in [0.717, 1.165) is 12.0 Å². The molecule has 17 heavy (non-hydrogen) atoms. The smallest absolute Gasteiger partial charge is 0.616 e. The number of allylic oxidation sites excluding steroid dienone is 5. The van der Waals surface area contributed by atoms with Gasteiger partial charge < -0.3 is 9.84 Å². The summed E-state index contributed by atoms with van der Waals surface area (Å²) in [5, 5.41) is 11.0. The van der Waals surface area contributed by atoms with E-state index in [2.05, 4.69) is 4.74 Å². The molecular formula is C14H16FeO2. The Hall–Kier alpha value is -1.31. The van der Waals surface area contributed by atoms with Crippen LogP contribution in [0.2, 0.25) is 0 Å². The molecule has 92 valence electrons. The predicted octanol–water partition coefficient (Wildman–Crippen LogP) is 2.51. The molecule has 0 unspecified atom stereocenters. The first-order valence-electron chi connectivity index (χ1n) is 5.29. The first-order valence-corrected chi connectivity index (χ1v) is 5.29. The van der Waals surface area contributed by atoms with E-state index in [0.29, 0.717) is 5.57 Å². The van der Waals surface area contributed by atoms with Gasteiger partial charge in [-0.05, 0) is 24.7 Å². The van der Waals surface area contributed by atoms with E-state index in [4.69, 9.17) is 0 Å². The van der Waals surface area contributed by atoms with Gasteiger partial charge >= 0.3 is 17.1 Å². The molecule has 0 heterocycles. The minimum atomic E-state index is -0.244. The van der Waals surface area contributed by atoms with Crippen molar-refractivity contribution in [3.8, 4) is 0 Å². The van der Waals surface area contributed by atoms with Crippen molar-refractivity contribution in [2.75, 3.05) is 7.11 Å². The van der Waals surface area contributed by atoms with Crippen molar-refractivity contribution in [2.45, 2.75) is 13.3 Å². The Labute approximate surface area is 113 Å². The summed E-state index contributed by atoms with van der Waals surface area (Å²) in [5.74, 6) is -0.244. The molecule has 1 aliphatic carbocycles. The van der Waals surface area contributed by atoms with Crippen molar-refractivity contribution in [2.24, 2.45) is 0 Å². The van der Waals surface area contributed by atoms with Crippen LogP contribution in [-0.4, -0.2) is 7.11 Å². The van der Waals surface area contributed by atoms with Crippen LogP contribution < -0.4 is 5.11 Å². The Balaban J connectivity index is 0.000000360. The van der Waals surface area contributed by atoms with E-state index in [1.54, 1.807) is 6.08 Å². The Bertz CT molecular complexity index is 369. The molecule has 0 saturated carbocycles. The third-order valence-electron chi connectivity index (χ3n) is 2.25. The summed E-state index contributed by atoms with van der Waals surface area (Å²) in [6.45, 7) is 2.02. The predicted molar refractivity (Wildman–Crippen MR) is 63.6 cm³/mol. The summed E-state index contributed by atoms with van der Waals surface area (Å²) in [6.07, 6.45) is 6.46. The second-order valence-corrected chi connectivity index (χ2v) is 3.27. The Morgan fingerprint density at radius 1 is 1.35 bits per heavy atom. The topological polar surface area (TPSA) is 32.3 Å². The van der Waals surface area contributed by atoms with Gasteiger partial charge in [0.1, 0.15) is 0 Å². The molecule has 1 aromatic carbocycles. The average molecular weight is 272 g/mol. The first kappa shape index (κ1) is 15.7. The zero-order valence-corrected chi connectivity index (χ0v) is 11.1. The summed E-state index contributed by atoms with van der Waals surface area (Å²) in [4.78, 5) is 0. The third kappa shape index (κ3) is 5.03. The van der Waals surface area contributed by atoms with Gasteiger partial charge in [-0.25, -0.2) is 12.1 Å². The van der Waals surface area contributed by atoms with Crippen LogP contribution in [0.5, 0.6) is 0 Å². The molecule has 0 spiro atoms. The summed E-state index contributed by atoms with van der Waals surface area (Å²) in [7, 11) is 1.40. The van der Waals surface area contributed by atoms with Crippen molar-refractivity contribution < 1.29 is 26.9 Å². The van der Waals surface area contributed by atoms with Gasteiger partial charge in [0.25, 0.3) is 0 Å². The van der Waals surface area contributed by atoms with Gasteiger partial charge in [0.2, 0.25) is 0 Å². The minimum Gasteiger partial charge on any atom is -0.616 e. The molecule has 0 radical (unpaired) electrons. The molecule has 0 amide bonds. The Morgan fingerprint density at radius 2 is 2.00 bits per heavy atom. The van der Waals surface area contributed by atoms with Crippen LogP contribution in [-0.2, 0) is 21.8 Å². The fourth-order valence-electron chi connectivity index (χ4n) is 1.40. The van der Waals surface area contributed by atoms with Crippen molar-refractivity contribution in [3.63, 3.8) is 0 Å². The third-order valence-corrected chi connectivity index (χ3v) is 2.25. The van der Waals surface area contributed by atoms with E-state index in [1.165, 1.54) is 7.11 Å². The molecule has 0 atom stereocenters. The Morgan fingerprint density at radius 3 is 2.41 bits per heavy atom. The number of hydrogen-bond donors (Lipinski definition) is 0. The Kier molecular flexibility index (Phi) is 8.12. The average Bonchev–Trinajstić information content (AvgIpc) is 3.00. The normalized spacial score (nSPS) is 15.3. The second kappa shape index (κ2) is 8.80. The zero-order chi connectivity index (χ0) is 11.8. The van der Waals surface area contributed by atoms with Gasteiger partial charge in [-0.3, -0.25) is 0 Å². The monoisotopic (exact) mass is 272 g/mol. The number of hydrogen-bond acceptors (Lipinski definition) is 2. The summed E-state index contributed by atoms with van der Waals surface area (Å²) >= 11 is 0. The molecule has 3 heteroatoms. The van der Waals surface area contributed by atoms with Gasteiger partial charge in [0, 0.05) is 0 Å². The zero-order valence-electron chi connectivity index (χ0n) is 10.00. The van der Waals surface area contributed by atoms with Gasteiger partial charge in [-0.15, -0.1) is 0 Å². The van der Waals surface area contributed by atoms with Crippen LogP contribution in [0.25, 0.3) is 0 Å². The fraction of sp³-hybridized carbons (Fsp3) is 0.214. The summed E-state index contributed by atoms with van der Waals surface area (Å²) < 4.78 is 4.60. The van der Waals surface area contributed by atoms with E-state index in [-0.39, 0.29) is 23.0 Å². The maximum atomic E-state index is 11.0. The van der Waals surface area contributed by atoms with Crippen LogP contribution >= 0.6 is 0 Å². The maximum Gasteiger partial charge on any atom is 2.00 e. The molecule has 1 aromatic rings. The van der Waals surface area contributed by atoms with E-state index < -0.39 is 0 Å². The largest absolute Gasteiger partial charge is 2.00 e. The second-order valence-electron chi connectivity index (χ2n) is 3.27. The van der Waals surface area contributed by atoms with E-state index in [1.807, 2.05) is 49.4 Å². The van der Waals surface area contributed by atoms with Crippen LogP contribution in [0.15, 0.2) is 65.7 Å². The van der Waals surface area contributed by atoms with Crippen LogP contribution in [0, 0.1) is 0 Å². The van der Waals surface area contributed by atoms with Crippen molar-refractivity contribution in [1.29, 1.82) is 0 Å². The van der Waals surface area contributed by atoms with E-state index >= 15 is 0 Å².